The van der Waals surface area contributed by atoms with Crippen LogP contribution in [0.2, 0.25) is 15.1 Å². The number of nitrogens with one attached hydrogen (secondary N) is 1. The summed E-state index contributed by atoms with van der Waals surface area (Å²) in [6.45, 7) is 1.51. The van der Waals surface area contributed by atoms with Gasteiger partial charge in [0.25, 0.3) is 5.91 Å². The predicted octanol–water partition coefficient (Wildman–Crippen LogP) is 3.96. The Morgan fingerprint density at radius 2 is 1.83 bits per heavy atom. The number of ether oxygens (including phenoxy) is 1. The first kappa shape index (κ1) is 17.5. The Bertz CT molecular complexity index is 736. The Morgan fingerprint density at radius 1 is 1.17 bits per heavy atom. The molecule has 0 saturated carbocycles. The Morgan fingerprint density at radius 3 is 2.52 bits per heavy atom. The maximum Gasteiger partial charge on any atom is 0.277 e. The van der Waals surface area contributed by atoms with Gasteiger partial charge in [-0.1, -0.05) is 34.8 Å². The molecule has 8 heteroatoms. The third-order valence-electron chi connectivity index (χ3n) is 2.78. The number of benzene rings is 1. The molecule has 1 aromatic carbocycles. The van der Waals surface area contributed by atoms with Gasteiger partial charge in [-0.05, 0) is 25.1 Å². The van der Waals surface area contributed by atoms with E-state index < -0.39 is 5.91 Å². The fourth-order valence-electron chi connectivity index (χ4n) is 1.59. The van der Waals surface area contributed by atoms with Crippen molar-refractivity contribution in [1.29, 1.82) is 0 Å². The molecule has 0 unspecified atom stereocenters. The Hall–Kier alpha value is -1.82. The van der Waals surface area contributed by atoms with Crippen LogP contribution in [0.3, 0.4) is 0 Å². The van der Waals surface area contributed by atoms with Gasteiger partial charge in [-0.3, -0.25) is 9.78 Å². The van der Waals surface area contributed by atoms with Gasteiger partial charge in [-0.2, -0.15) is 5.10 Å². The lowest BCUT2D eigenvalue weighted by atomic mass is 10.2. The van der Waals surface area contributed by atoms with E-state index in [0.29, 0.717) is 10.7 Å². The number of carbonyl (C=O) groups excluding carboxylic acids is 1. The van der Waals surface area contributed by atoms with Crippen LogP contribution in [0.4, 0.5) is 0 Å². The van der Waals surface area contributed by atoms with E-state index in [2.05, 4.69) is 15.5 Å². The van der Waals surface area contributed by atoms with E-state index in [1.165, 1.54) is 12.1 Å². The summed E-state index contributed by atoms with van der Waals surface area (Å²) < 4.78 is 5.31. The van der Waals surface area contributed by atoms with Crippen LogP contribution in [0.5, 0.6) is 5.75 Å². The zero-order valence-electron chi connectivity index (χ0n) is 12.0. The topological polar surface area (TPSA) is 63.6 Å². The van der Waals surface area contributed by atoms with Gasteiger partial charge < -0.3 is 4.74 Å². The van der Waals surface area contributed by atoms with Crippen LogP contribution in [0.25, 0.3) is 0 Å². The van der Waals surface area contributed by atoms with Gasteiger partial charge in [0.15, 0.2) is 6.61 Å². The van der Waals surface area contributed by atoms with Gasteiger partial charge in [-0.25, -0.2) is 5.43 Å². The van der Waals surface area contributed by atoms with Crippen molar-refractivity contribution in [3.8, 4) is 5.75 Å². The standard InChI is InChI=1S/C15H12Cl3N3O2/c1-9(10-2-4-19-5-3-10)20-21-15(22)8-23-14-7-12(17)11(16)6-13(14)18/h2-7H,8H2,1H3,(H,21,22). The summed E-state index contributed by atoms with van der Waals surface area (Å²) in [6, 6.07) is 6.48. The van der Waals surface area contributed by atoms with Crippen molar-refractivity contribution in [3.05, 3.63) is 57.3 Å². The number of aromatic nitrogens is 1. The summed E-state index contributed by atoms with van der Waals surface area (Å²) in [4.78, 5) is 15.7. The van der Waals surface area contributed by atoms with Crippen molar-refractivity contribution in [2.45, 2.75) is 6.92 Å². The molecule has 0 saturated heterocycles. The number of pyridine rings is 1. The molecule has 0 aliphatic rings. The van der Waals surface area contributed by atoms with Crippen molar-refractivity contribution in [1.82, 2.24) is 10.4 Å². The second-order valence-corrected chi connectivity index (χ2v) is 5.68. The van der Waals surface area contributed by atoms with E-state index in [9.17, 15) is 4.79 Å². The number of halogens is 3. The monoisotopic (exact) mass is 371 g/mol. The normalized spacial score (nSPS) is 11.2. The zero-order chi connectivity index (χ0) is 16.8. The van der Waals surface area contributed by atoms with Crippen molar-refractivity contribution in [3.63, 3.8) is 0 Å². The van der Waals surface area contributed by atoms with Gasteiger partial charge in [0.05, 0.1) is 20.8 Å². The average molecular weight is 373 g/mol. The molecule has 0 fully saturated rings. The lowest BCUT2D eigenvalue weighted by molar-refractivity contribution is -0.123. The average Bonchev–Trinajstić information content (AvgIpc) is 2.55. The third-order valence-corrected chi connectivity index (χ3v) is 3.80. The molecule has 1 heterocycles. The number of hydrogen-bond donors (Lipinski definition) is 1. The second kappa shape index (κ2) is 8.15. The summed E-state index contributed by atoms with van der Waals surface area (Å²) >= 11 is 17.7. The maximum atomic E-state index is 11.8. The van der Waals surface area contributed by atoms with Crippen molar-refractivity contribution < 1.29 is 9.53 Å². The second-order valence-electron chi connectivity index (χ2n) is 4.45. The largest absolute Gasteiger partial charge is 0.482 e. The van der Waals surface area contributed by atoms with Gasteiger partial charge >= 0.3 is 0 Å². The van der Waals surface area contributed by atoms with Crippen LogP contribution in [0, 0.1) is 0 Å². The van der Waals surface area contributed by atoms with Crippen molar-refractivity contribution >= 4 is 46.4 Å². The van der Waals surface area contributed by atoms with Crippen LogP contribution >= 0.6 is 34.8 Å². The molecule has 2 aromatic rings. The van der Waals surface area contributed by atoms with Crippen LogP contribution < -0.4 is 10.2 Å². The third kappa shape index (κ3) is 5.10. The number of amides is 1. The van der Waals surface area contributed by atoms with Crippen molar-refractivity contribution in [2.75, 3.05) is 6.61 Å². The number of rotatable bonds is 5. The maximum absolute atomic E-state index is 11.8. The number of hydrogen-bond acceptors (Lipinski definition) is 4. The Labute approximate surface area is 148 Å². The number of nitrogens with zero attached hydrogens (tertiary/aromatic N) is 2. The summed E-state index contributed by atoms with van der Waals surface area (Å²) in [5, 5.41) is 4.86. The van der Waals surface area contributed by atoms with Crippen LogP contribution in [-0.4, -0.2) is 23.2 Å². The fourth-order valence-corrected chi connectivity index (χ4v) is 2.19. The smallest absolute Gasteiger partial charge is 0.277 e. The molecule has 2 rings (SSSR count). The minimum atomic E-state index is -0.430. The van der Waals surface area contributed by atoms with Crippen LogP contribution in [0.1, 0.15) is 12.5 Å². The molecule has 0 aliphatic heterocycles. The minimum absolute atomic E-state index is 0.259. The highest BCUT2D eigenvalue weighted by Gasteiger charge is 2.09. The Balaban J connectivity index is 1.92. The SMILES string of the molecule is CC(=NNC(=O)COc1cc(Cl)c(Cl)cc1Cl)c1ccncc1. The summed E-state index contributed by atoms with van der Waals surface area (Å²) in [5.74, 6) is -0.161. The molecule has 1 amide bonds. The molecule has 0 bridgehead atoms. The zero-order valence-corrected chi connectivity index (χ0v) is 14.3. The predicted molar refractivity (Wildman–Crippen MR) is 91.6 cm³/mol. The lowest BCUT2D eigenvalue weighted by Crippen LogP contribution is -2.25. The van der Waals surface area contributed by atoms with E-state index >= 15 is 0 Å². The first-order valence-electron chi connectivity index (χ1n) is 6.48. The minimum Gasteiger partial charge on any atom is -0.482 e. The highest BCUT2D eigenvalue weighted by Crippen LogP contribution is 2.33. The van der Waals surface area contributed by atoms with Gasteiger partial charge in [-0.15, -0.1) is 0 Å². The van der Waals surface area contributed by atoms with Crippen molar-refractivity contribution in [2.24, 2.45) is 5.10 Å². The van der Waals surface area contributed by atoms with E-state index in [-0.39, 0.29) is 22.4 Å². The molecule has 120 valence electrons. The first-order valence-corrected chi connectivity index (χ1v) is 7.61. The van der Waals surface area contributed by atoms with E-state index in [0.717, 1.165) is 5.56 Å². The molecule has 5 nitrogen and oxygen atoms in total. The quantitative estimate of drug-likeness (QED) is 0.491. The molecule has 0 aliphatic carbocycles. The first-order chi connectivity index (χ1) is 11.0. The number of carbonyl (C=O) groups is 1. The molecule has 0 spiro atoms. The Kier molecular flexibility index (Phi) is 6.21. The fraction of sp³-hybridized carbons (Fsp3) is 0.133. The molecule has 0 atom stereocenters. The molecular formula is C15H12Cl3N3O2. The van der Waals surface area contributed by atoms with Gasteiger partial charge in [0.2, 0.25) is 0 Å². The molecule has 0 radical (unpaired) electrons. The summed E-state index contributed by atoms with van der Waals surface area (Å²) in [5.41, 5.74) is 3.90. The molecule has 1 N–H and O–H groups in total. The molecular weight excluding hydrogens is 361 g/mol. The highest BCUT2D eigenvalue weighted by atomic mass is 35.5. The molecule has 23 heavy (non-hydrogen) atoms. The van der Waals surface area contributed by atoms with Gasteiger partial charge in [0, 0.05) is 24.0 Å². The molecule has 1 aromatic heterocycles. The van der Waals surface area contributed by atoms with E-state index in [1.54, 1.807) is 31.5 Å². The van der Waals surface area contributed by atoms with Gasteiger partial charge in [0.1, 0.15) is 5.75 Å². The van der Waals surface area contributed by atoms with Crippen LogP contribution in [0.15, 0.2) is 41.8 Å². The van der Waals surface area contributed by atoms with Crippen LogP contribution in [-0.2, 0) is 4.79 Å². The summed E-state index contributed by atoms with van der Waals surface area (Å²) in [7, 11) is 0. The summed E-state index contributed by atoms with van der Waals surface area (Å²) in [6.07, 6.45) is 3.29. The number of hydrazone groups is 1. The highest BCUT2D eigenvalue weighted by molar-refractivity contribution is 6.43. The van der Waals surface area contributed by atoms with E-state index in [1.807, 2.05) is 0 Å². The lowest BCUT2D eigenvalue weighted by Gasteiger charge is -2.08. The van der Waals surface area contributed by atoms with E-state index in [4.69, 9.17) is 39.5 Å².